The average Bonchev–Trinajstić information content (AvgIpc) is 2.72. The molecule has 2 aromatic rings. The highest BCUT2D eigenvalue weighted by molar-refractivity contribution is 8.00. The molecule has 1 aliphatic rings. The number of aryl methyl sites for hydroxylation is 2. The molecule has 28 heavy (non-hydrogen) atoms. The van der Waals surface area contributed by atoms with Crippen LogP contribution in [0.3, 0.4) is 0 Å². The molecule has 3 rings (SSSR count). The highest BCUT2D eigenvalue weighted by Gasteiger charge is 2.34. The van der Waals surface area contributed by atoms with Gasteiger partial charge in [0.1, 0.15) is 11.1 Å². The van der Waals surface area contributed by atoms with Crippen LogP contribution in [0.5, 0.6) is 0 Å². The third-order valence-electron chi connectivity index (χ3n) is 5.22. The molecule has 0 atom stereocenters. The minimum Gasteiger partial charge on any atom is -0.381 e. The van der Waals surface area contributed by atoms with Crippen LogP contribution in [-0.4, -0.2) is 36.4 Å². The Kier molecular flexibility index (Phi) is 6.71. The monoisotopic (exact) mass is 395 g/mol. The van der Waals surface area contributed by atoms with Crippen molar-refractivity contribution < 1.29 is 9.53 Å². The van der Waals surface area contributed by atoms with Crippen molar-refractivity contribution in [1.82, 2.24) is 10.3 Å². The van der Waals surface area contributed by atoms with Crippen molar-refractivity contribution in [2.75, 3.05) is 25.5 Å². The normalized spacial score (nSPS) is 15.6. The first-order valence-electron chi connectivity index (χ1n) is 9.45. The molecule has 1 aromatic heterocycles. The fraction of sp³-hybridized carbons (Fsp3) is 0.409. The summed E-state index contributed by atoms with van der Waals surface area (Å²) in [5, 5.41) is 13.1. The third-order valence-corrected chi connectivity index (χ3v) is 6.20. The number of pyridine rings is 1. The van der Waals surface area contributed by atoms with Gasteiger partial charge in [0.2, 0.25) is 5.91 Å². The van der Waals surface area contributed by atoms with E-state index in [-0.39, 0.29) is 17.1 Å². The predicted molar refractivity (Wildman–Crippen MR) is 110 cm³/mol. The summed E-state index contributed by atoms with van der Waals surface area (Å²) in [5.74, 6) is 0.197. The van der Waals surface area contributed by atoms with Gasteiger partial charge >= 0.3 is 0 Å². The summed E-state index contributed by atoms with van der Waals surface area (Å²) < 4.78 is 5.55. The maximum absolute atomic E-state index is 12.5. The van der Waals surface area contributed by atoms with Gasteiger partial charge in [-0.2, -0.15) is 5.26 Å². The Morgan fingerprint density at radius 3 is 2.68 bits per heavy atom. The number of aromatic nitrogens is 1. The summed E-state index contributed by atoms with van der Waals surface area (Å²) in [6, 6.07) is 14.4. The molecule has 5 nitrogen and oxygen atoms in total. The van der Waals surface area contributed by atoms with Crippen molar-refractivity contribution in [3.63, 3.8) is 0 Å². The SMILES string of the molecule is Cc1cc(C)c(C#N)c(SCC(=O)NCC2(c3ccccc3)CCOCC2)n1. The van der Waals surface area contributed by atoms with Crippen LogP contribution in [0.4, 0.5) is 0 Å². The molecule has 0 unspecified atom stereocenters. The van der Waals surface area contributed by atoms with E-state index in [0.29, 0.717) is 30.3 Å². The van der Waals surface area contributed by atoms with Crippen molar-refractivity contribution >= 4 is 17.7 Å². The van der Waals surface area contributed by atoms with E-state index in [9.17, 15) is 10.1 Å². The van der Waals surface area contributed by atoms with Crippen molar-refractivity contribution in [2.24, 2.45) is 0 Å². The molecule has 1 aliphatic heterocycles. The minimum atomic E-state index is -0.0875. The van der Waals surface area contributed by atoms with Crippen LogP contribution in [-0.2, 0) is 14.9 Å². The summed E-state index contributed by atoms with van der Waals surface area (Å²) >= 11 is 1.32. The van der Waals surface area contributed by atoms with Gasteiger partial charge in [-0.1, -0.05) is 42.1 Å². The molecule has 0 aliphatic carbocycles. The minimum absolute atomic E-state index is 0.0448. The van der Waals surface area contributed by atoms with Crippen molar-refractivity contribution in [2.45, 2.75) is 37.1 Å². The van der Waals surface area contributed by atoms with Gasteiger partial charge in [-0.15, -0.1) is 0 Å². The molecule has 1 aromatic carbocycles. The molecule has 1 fully saturated rings. The quantitative estimate of drug-likeness (QED) is 0.758. The summed E-state index contributed by atoms with van der Waals surface area (Å²) in [6.45, 7) is 5.79. The number of nitrogens with one attached hydrogen (secondary N) is 1. The van der Waals surface area contributed by atoms with Crippen molar-refractivity contribution in [3.05, 3.63) is 58.8 Å². The summed E-state index contributed by atoms with van der Waals surface area (Å²) in [7, 11) is 0. The molecule has 1 saturated heterocycles. The second-order valence-electron chi connectivity index (χ2n) is 7.20. The van der Waals surface area contributed by atoms with Gasteiger partial charge in [0.05, 0.1) is 11.3 Å². The zero-order valence-corrected chi connectivity index (χ0v) is 17.1. The van der Waals surface area contributed by atoms with E-state index >= 15 is 0 Å². The molecule has 6 heteroatoms. The number of hydrogen-bond acceptors (Lipinski definition) is 5. The maximum atomic E-state index is 12.5. The number of nitriles is 1. The zero-order valence-electron chi connectivity index (χ0n) is 16.3. The van der Waals surface area contributed by atoms with Crippen molar-refractivity contribution in [1.29, 1.82) is 5.26 Å². The van der Waals surface area contributed by atoms with Crippen LogP contribution in [0.2, 0.25) is 0 Å². The Bertz CT molecular complexity index is 871. The van der Waals surface area contributed by atoms with Gasteiger partial charge < -0.3 is 10.1 Å². The Morgan fingerprint density at radius 2 is 2.00 bits per heavy atom. The van der Waals surface area contributed by atoms with Gasteiger partial charge in [-0.3, -0.25) is 4.79 Å². The molecule has 146 valence electrons. The average molecular weight is 396 g/mol. The second kappa shape index (κ2) is 9.22. The maximum Gasteiger partial charge on any atom is 0.230 e. The largest absolute Gasteiger partial charge is 0.381 e. The highest BCUT2D eigenvalue weighted by atomic mass is 32.2. The van der Waals surface area contributed by atoms with Crippen LogP contribution in [0.1, 0.15) is 35.2 Å². The molecule has 2 heterocycles. The van der Waals surface area contributed by atoms with E-state index in [1.54, 1.807) is 0 Å². The molecule has 0 saturated carbocycles. The van der Waals surface area contributed by atoms with E-state index in [4.69, 9.17) is 4.74 Å². The van der Waals surface area contributed by atoms with E-state index in [1.165, 1.54) is 17.3 Å². The second-order valence-corrected chi connectivity index (χ2v) is 8.16. The lowest BCUT2D eigenvalue weighted by atomic mass is 9.74. The van der Waals surface area contributed by atoms with Crippen molar-refractivity contribution in [3.8, 4) is 6.07 Å². The third kappa shape index (κ3) is 4.73. The number of benzene rings is 1. The zero-order chi connectivity index (χ0) is 20.0. The Balaban J connectivity index is 1.64. The molecule has 0 spiro atoms. The predicted octanol–water partition coefficient (Wildman–Crippen LogP) is 3.53. The van der Waals surface area contributed by atoms with Gasteiger partial charge in [-0.25, -0.2) is 4.98 Å². The number of carbonyl (C=O) groups is 1. The topological polar surface area (TPSA) is 75.0 Å². The van der Waals surface area contributed by atoms with Gasteiger partial charge in [0.15, 0.2) is 0 Å². The first-order valence-corrected chi connectivity index (χ1v) is 10.4. The highest BCUT2D eigenvalue weighted by Crippen LogP contribution is 2.34. The molecule has 0 bridgehead atoms. The number of nitrogens with zero attached hydrogens (tertiary/aromatic N) is 2. The molecular weight excluding hydrogens is 370 g/mol. The van der Waals surface area contributed by atoms with Crippen LogP contribution in [0.15, 0.2) is 41.4 Å². The van der Waals surface area contributed by atoms with Gasteiger partial charge in [0.25, 0.3) is 0 Å². The molecular formula is C22H25N3O2S. The fourth-order valence-electron chi connectivity index (χ4n) is 3.62. The number of carbonyl (C=O) groups excluding carboxylic acids is 1. The van der Waals surface area contributed by atoms with E-state index < -0.39 is 0 Å². The Labute approximate surface area is 170 Å². The van der Waals surface area contributed by atoms with E-state index in [0.717, 1.165) is 24.1 Å². The lowest BCUT2D eigenvalue weighted by molar-refractivity contribution is -0.119. The Hall–Kier alpha value is -2.36. The van der Waals surface area contributed by atoms with E-state index in [1.807, 2.05) is 38.1 Å². The summed E-state index contributed by atoms with van der Waals surface area (Å²) in [4.78, 5) is 17.0. The molecule has 0 radical (unpaired) electrons. The van der Waals surface area contributed by atoms with Crippen LogP contribution >= 0.6 is 11.8 Å². The lowest BCUT2D eigenvalue weighted by Crippen LogP contribution is -2.45. The summed E-state index contributed by atoms with van der Waals surface area (Å²) in [6.07, 6.45) is 1.78. The fourth-order valence-corrected chi connectivity index (χ4v) is 4.55. The Morgan fingerprint density at radius 1 is 1.29 bits per heavy atom. The molecule has 1 amide bonds. The smallest absolute Gasteiger partial charge is 0.230 e. The standard InChI is InChI=1S/C22H25N3O2S/c1-16-12-17(2)25-21(19(16)13-23)28-14-20(26)24-15-22(8-10-27-11-9-22)18-6-4-3-5-7-18/h3-7,12H,8-11,14-15H2,1-2H3,(H,24,26). The number of ether oxygens (including phenoxy) is 1. The number of rotatable bonds is 6. The molecule has 1 N–H and O–H groups in total. The van der Waals surface area contributed by atoms with Crippen LogP contribution < -0.4 is 5.32 Å². The summed E-state index contributed by atoms with van der Waals surface area (Å²) in [5.41, 5.74) is 3.45. The number of thioether (sulfide) groups is 1. The van der Waals surface area contributed by atoms with Crippen LogP contribution in [0.25, 0.3) is 0 Å². The number of hydrogen-bond donors (Lipinski definition) is 1. The number of amides is 1. The van der Waals surface area contributed by atoms with Gasteiger partial charge in [0, 0.05) is 30.9 Å². The first-order chi connectivity index (χ1) is 13.5. The van der Waals surface area contributed by atoms with E-state index in [2.05, 4.69) is 28.5 Å². The lowest BCUT2D eigenvalue weighted by Gasteiger charge is -2.38. The first kappa shape index (κ1) is 20.4. The van der Waals surface area contributed by atoms with Gasteiger partial charge in [-0.05, 0) is 43.9 Å². The van der Waals surface area contributed by atoms with Crippen LogP contribution in [0, 0.1) is 25.2 Å².